The molecule has 112 valence electrons. The molecule has 0 radical (unpaired) electrons. The monoisotopic (exact) mass is 303 g/mol. The van der Waals surface area contributed by atoms with E-state index in [1.54, 1.807) is 30.5 Å². The van der Waals surface area contributed by atoms with Crippen LogP contribution in [0, 0.1) is 0 Å². The van der Waals surface area contributed by atoms with E-state index >= 15 is 0 Å². The first-order valence-corrected chi connectivity index (χ1v) is 7.28. The van der Waals surface area contributed by atoms with E-state index in [9.17, 15) is 9.90 Å². The number of para-hydroxylation sites is 2. The first-order chi connectivity index (χ1) is 11.2. The van der Waals surface area contributed by atoms with Crippen molar-refractivity contribution in [3.05, 3.63) is 77.5 Å². The van der Waals surface area contributed by atoms with Crippen LogP contribution in [0.25, 0.3) is 11.3 Å². The number of rotatable bonds is 2. The Morgan fingerprint density at radius 1 is 1.09 bits per heavy atom. The third-order valence-electron chi connectivity index (χ3n) is 3.90. The number of ketones is 1. The molecule has 1 N–H and O–H groups in total. The van der Waals surface area contributed by atoms with Gasteiger partial charge in [0, 0.05) is 22.9 Å². The second-order valence-electron chi connectivity index (χ2n) is 5.36. The van der Waals surface area contributed by atoms with E-state index in [4.69, 9.17) is 4.74 Å². The van der Waals surface area contributed by atoms with E-state index in [0.717, 1.165) is 22.6 Å². The van der Waals surface area contributed by atoms with Crippen LogP contribution in [0.4, 0.5) is 0 Å². The summed E-state index contributed by atoms with van der Waals surface area (Å²) in [6.07, 6.45) is 1.55. The highest BCUT2D eigenvalue weighted by molar-refractivity contribution is 6.10. The molecule has 23 heavy (non-hydrogen) atoms. The van der Waals surface area contributed by atoms with Gasteiger partial charge in [0.2, 0.25) is 0 Å². The molecule has 3 aromatic rings. The lowest BCUT2D eigenvalue weighted by atomic mass is 9.98. The molecule has 2 aromatic carbocycles. The summed E-state index contributed by atoms with van der Waals surface area (Å²) in [5.41, 5.74) is 3.33. The van der Waals surface area contributed by atoms with Gasteiger partial charge < -0.3 is 9.84 Å². The SMILES string of the molecule is O=C(c1cnc2c(c1)COc1ccccc1-2)c1ccccc1O. The topological polar surface area (TPSA) is 59.4 Å². The maximum absolute atomic E-state index is 12.6. The molecule has 1 aromatic heterocycles. The number of carbonyl (C=O) groups is 1. The molecule has 0 atom stereocenters. The van der Waals surface area contributed by atoms with Gasteiger partial charge in [0.25, 0.3) is 0 Å². The fourth-order valence-electron chi connectivity index (χ4n) is 2.75. The Balaban J connectivity index is 1.77. The lowest BCUT2D eigenvalue weighted by molar-refractivity contribution is 0.103. The summed E-state index contributed by atoms with van der Waals surface area (Å²) in [6.45, 7) is 0.376. The predicted molar refractivity (Wildman–Crippen MR) is 85.5 cm³/mol. The Bertz CT molecular complexity index is 918. The molecule has 0 amide bonds. The van der Waals surface area contributed by atoms with Crippen molar-refractivity contribution in [1.29, 1.82) is 0 Å². The van der Waals surface area contributed by atoms with Crippen molar-refractivity contribution in [1.82, 2.24) is 4.98 Å². The number of pyridine rings is 1. The first-order valence-electron chi connectivity index (χ1n) is 7.28. The Labute approximate surface area is 133 Å². The molecule has 4 rings (SSSR count). The van der Waals surface area contributed by atoms with Crippen molar-refractivity contribution in [2.24, 2.45) is 0 Å². The van der Waals surface area contributed by atoms with E-state index in [2.05, 4.69) is 4.98 Å². The van der Waals surface area contributed by atoms with Crippen LogP contribution in [0.3, 0.4) is 0 Å². The molecule has 0 bridgehead atoms. The standard InChI is InChI=1S/C19H13NO3/c21-16-7-3-1-5-14(16)19(22)12-9-13-11-23-17-8-4-2-6-15(17)18(13)20-10-12/h1-10,21H,11H2. The zero-order chi connectivity index (χ0) is 15.8. The average Bonchev–Trinajstić information content (AvgIpc) is 2.61. The van der Waals surface area contributed by atoms with Gasteiger partial charge in [0.1, 0.15) is 18.1 Å². The second-order valence-corrected chi connectivity index (χ2v) is 5.36. The van der Waals surface area contributed by atoms with Crippen molar-refractivity contribution in [3.8, 4) is 22.8 Å². The van der Waals surface area contributed by atoms with Crippen LogP contribution in [0.15, 0.2) is 60.8 Å². The molecule has 0 saturated carbocycles. The van der Waals surface area contributed by atoms with Crippen LogP contribution in [-0.4, -0.2) is 15.9 Å². The number of aromatic hydroxyl groups is 1. The highest BCUT2D eigenvalue weighted by Gasteiger charge is 2.21. The van der Waals surface area contributed by atoms with E-state index in [0.29, 0.717) is 12.2 Å². The van der Waals surface area contributed by atoms with Gasteiger partial charge in [-0.2, -0.15) is 0 Å². The van der Waals surface area contributed by atoms with Crippen molar-refractivity contribution >= 4 is 5.78 Å². The van der Waals surface area contributed by atoms with Gasteiger partial charge in [0.15, 0.2) is 5.78 Å². The van der Waals surface area contributed by atoms with Crippen LogP contribution < -0.4 is 4.74 Å². The summed E-state index contributed by atoms with van der Waals surface area (Å²) < 4.78 is 5.71. The number of fused-ring (bicyclic) bond motifs is 3. The molecule has 2 heterocycles. The summed E-state index contributed by atoms with van der Waals surface area (Å²) in [6, 6.07) is 16.0. The van der Waals surface area contributed by atoms with Crippen molar-refractivity contribution < 1.29 is 14.6 Å². The Morgan fingerprint density at radius 3 is 2.74 bits per heavy atom. The molecule has 0 spiro atoms. The molecule has 1 aliphatic rings. The molecule has 4 heteroatoms. The van der Waals surface area contributed by atoms with Gasteiger partial charge in [-0.3, -0.25) is 9.78 Å². The van der Waals surface area contributed by atoms with Crippen LogP contribution >= 0.6 is 0 Å². The number of hydrogen-bond donors (Lipinski definition) is 1. The smallest absolute Gasteiger partial charge is 0.198 e. The van der Waals surface area contributed by atoms with Gasteiger partial charge >= 0.3 is 0 Å². The maximum atomic E-state index is 12.6. The number of benzene rings is 2. The van der Waals surface area contributed by atoms with Crippen molar-refractivity contribution in [2.45, 2.75) is 6.61 Å². The van der Waals surface area contributed by atoms with Crippen molar-refractivity contribution in [2.75, 3.05) is 0 Å². The molecule has 1 aliphatic heterocycles. The Morgan fingerprint density at radius 2 is 1.87 bits per heavy atom. The zero-order valence-corrected chi connectivity index (χ0v) is 12.2. The molecule has 0 unspecified atom stereocenters. The predicted octanol–water partition coefficient (Wildman–Crippen LogP) is 3.58. The lowest BCUT2D eigenvalue weighted by Gasteiger charge is -2.20. The van der Waals surface area contributed by atoms with Crippen LogP contribution in [0.2, 0.25) is 0 Å². The van der Waals surface area contributed by atoms with Crippen LogP contribution in [0.5, 0.6) is 11.5 Å². The first kappa shape index (κ1) is 13.5. The van der Waals surface area contributed by atoms with Crippen LogP contribution in [-0.2, 0) is 6.61 Å². The number of hydrogen-bond acceptors (Lipinski definition) is 4. The third kappa shape index (κ3) is 2.25. The number of nitrogens with zero attached hydrogens (tertiary/aromatic N) is 1. The number of phenols is 1. The lowest BCUT2D eigenvalue weighted by Crippen LogP contribution is -2.10. The Hall–Kier alpha value is -3.14. The summed E-state index contributed by atoms with van der Waals surface area (Å²) in [5.74, 6) is 0.515. The summed E-state index contributed by atoms with van der Waals surface area (Å²) in [5, 5.41) is 9.84. The Kier molecular flexibility index (Phi) is 3.08. The minimum Gasteiger partial charge on any atom is -0.507 e. The van der Waals surface area contributed by atoms with E-state index in [1.807, 2.05) is 24.3 Å². The zero-order valence-electron chi connectivity index (χ0n) is 12.2. The van der Waals surface area contributed by atoms with E-state index in [1.165, 1.54) is 6.07 Å². The van der Waals surface area contributed by atoms with Gasteiger partial charge in [0.05, 0.1) is 11.3 Å². The van der Waals surface area contributed by atoms with Gasteiger partial charge in [-0.05, 0) is 30.3 Å². The summed E-state index contributed by atoms with van der Waals surface area (Å²) in [4.78, 5) is 17.0. The molecule has 0 saturated heterocycles. The van der Waals surface area contributed by atoms with Gasteiger partial charge in [-0.1, -0.05) is 24.3 Å². The molecular weight excluding hydrogens is 290 g/mol. The normalized spacial score (nSPS) is 12.0. The maximum Gasteiger partial charge on any atom is 0.198 e. The number of aromatic nitrogens is 1. The number of ether oxygens (including phenoxy) is 1. The third-order valence-corrected chi connectivity index (χ3v) is 3.90. The van der Waals surface area contributed by atoms with Crippen LogP contribution in [0.1, 0.15) is 21.5 Å². The van der Waals surface area contributed by atoms with Gasteiger partial charge in [-0.15, -0.1) is 0 Å². The molecule has 0 fully saturated rings. The minimum absolute atomic E-state index is 0.0307. The van der Waals surface area contributed by atoms with Crippen molar-refractivity contribution in [3.63, 3.8) is 0 Å². The number of carbonyl (C=O) groups excluding carboxylic acids is 1. The average molecular weight is 303 g/mol. The molecular formula is C19H13NO3. The fraction of sp³-hybridized carbons (Fsp3) is 0.0526. The highest BCUT2D eigenvalue weighted by atomic mass is 16.5. The summed E-state index contributed by atoms with van der Waals surface area (Å²) >= 11 is 0. The largest absolute Gasteiger partial charge is 0.507 e. The number of phenolic OH excluding ortho intramolecular Hbond substituents is 1. The minimum atomic E-state index is -0.253. The second kappa shape index (κ2) is 5.25. The molecule has 4 nitrogen and oxygen atoms in total. The fourth-order valence-corrected chi connectivity index (χ4v) is 2.75. The summed E-state index contributed by atoms with van der Waals surface area (Å²) in [7, 11) is 0. The van der Waals surface area contributed by atoms with Gasteiger partial charge in [-0.25, -0.2) is 0 Å². The highest BCUT2D eigenvalue weighted by Crippen LogP contribution is 2.36. The van der Waals surface area contributed by atoms with E-state index in [-0.39, 0.29) is 17.1 Å². The molecule has 0 aliphatic carbocycles. The quantitative estimate of drug-likeness (QED) is 0.735. The van der Waals surface area contributed by atoms with E-state index < -0.39 is 0 Å².